The highest BCUT2D eigenvalue weighted by Gasteiger charge is 2.22. The van der Waals surface area contributed by atoms with Crippen molar-refractivity contribution in [2.45, 2.75) is 26.8 Å². The molecule has 0 unspecified atom stereocenters. The molecule has 2 rings (SSSR count). The van der Waals surface area contributed by atoms with Gasteiger partial charge in [0.05, 0.1) is 12.6 Å². The van der Waals surface area contributed by atoms with Crippen LogP contribution < -0.4 is 10.9 Å². The lowest BCUT2D eigenvalue weighted by Crippen LogP contribution is -2.43. The summed E-state index contributed by atoms with van der Waals surface area (Å²) < 4.78 is 10.4. The second kappa shape index (κ2) is 6.75. The molecule has 0 saturated carbocycles. The monoisotopic (exact) mass is 303 g/mol. The van der Waals surface area contributed by atoms with Crippen molar-refractivity contribution in [2.75, 3.05) is 13.7 Å². The molecular weight excluding hydrogens is 282 g/mol. The summed E-state index contributed by atoms with van der Waals surface area (Å²) in [5.74, 6) is -0.232. The van der Waals surface area contributed by atoms with E-state index in [1.54, 1.807) is 26.2 Å². The van der Waals surface area contributed by atoms with Crippen molar-refractivity contribution >= 4 is 16.9 Å². The van der Waals surface area contributed by atoms with E-state index in [9.17, 15) is 9.59 Å². The molecule has 0 aliphatic heterocycles. The number of ether oxygens (including phenoxy) is 1. The summed E-state index contributed by atoms with van der Waals surface area (Å²) in [7, 11) is 1.58. The third-order valence-corrected chi connectivity index (χ3v) is 3.77. The molecule has 1 aromatic carbocycles. The molecule has 0 saturated heterocycles. The van der Waals surface area contributed by atoms with Crippen LogP contribution in [0.4, 0.5) is 0 Å². The first kappa shape index (κ1) is 16.2. The molecule has 0 aliphatic carbocycles. The number of fused-ring (bicyclic) bond motifs is 1. The summed E-state index contributed by atoms with van der Waals surface area (Å²) >= 11 is 0. The summed E-state index contributed by atoms with van der Waals surface area (Å²) in [5, 5.41) is 3.62. The first-order valence-electron chi connectivity index (χ1n) is 7.28. The minimum Gasteiger partial charge on any atom is -0.422 e. The first-order chi connectivity index (χ1) is 10.5. The summed E-state index contributed by atoms with van der Waals surface area (Å²) in [6, 6.07) is 7.02. The maximum Gasteiger partial charge on any atom is 0.349 e. The number of carbonyl (C=O) groups is 1. The molecule has 1 heterocycles. The third kappa shape index (κ3) is 3.20. The van der Waals surface area contributed by atoms with Gasteiger partial charge in [0.25, 0.3) is 5.91 Å². The van der Waals surface area contributed by atoms with Gasteiger partial charge >= 0.3 is 5.63 Å². The average molecular weight is 303 g/mol. The number of hydrogen-bond donors (Lipinski definition) is 1. The van der Waals surface area contributed by atoms with E-state index in [0.717, 1.165) is 5.39 Å². The number of amides is 1. The quantitative estimate of drug-likeness (QED) is 0.862. The topological polar surface area (TPSA) is 68.5 Å². The van der Waals surface area contributed by atoms with Gasteiger partial charge in [-0.3, -0.25) is 4.79 Å². The zero-order valence-corrected chi connectivity index (χ0v) is 13.3. The number of nitrogens with one attached hydrogen (secondary N) is 1. The van der Waals surface area contributed by atoms with Crippen LogP contribution in [0.5, 0.6) is 0 Å². The molecule has 118 valence electrons. The standard InChI is InChI=1S/C17H21NO4/c1-10(2)13(9-21-4)18-16(19)15-11(3)12-7-5-6-8-14(12)22-17(15)20/h5-8,10,13H,9H2,1-4H3,(H,18,19)/t13-/m0/s1. The predicted octanol–water partition coefficient (Wildman–Crippen LogP) is 2.50. The van der Waals surface area contributed by atoms with Gasteiger partial charge in [-0.15, -0.1) is 0 Å². The largest absolute Gasteiger partial charge is 0.422 e. The van der Waals surface area contributed by atoms with Crippen LogP contribution in [-0.4, -0.2) is 25.7 Å². The fourth-order valence-corrected chi connectivity index (χ4v) is 2.39. The maximum absolute atomic E-state index is 12.5. The molecule has 5 heteroatoms. The van der Waals surface area contributed by atoms with E-state index in [-0.39, 0.29) is 17.5 Å². The maximum atomic E-state index is 12.5. The molecule has 1 amide bonds. The number of methoxy groups -OCH3 is 1. The van der Waals surface area contributed by atoms with Crippen LogP contribution in [0.2, 0.25) is 0 Å². The number of carbonyl (C=O) groups excluding carboxylic acids is 1. The van der Waals surface area contributed by atoms with Crippen molar-refractivity contribution in [1.29, 1.82) is 0 Å². The highest BCUT2D eigenvalue weighted by Crippen LogP contribution is 2.19. The minimum absolute atomic E-state index is 0.0560. The number of rotatable bonds is 5. The zero-order valence-electron chi connectivity index (χ0n) is 13.3. The molecular formula is C17H21NO4. The van der Waals surface area contributed by atoms with Gasteiger partial charge in [0.15, 0.2) is 0 Å². The van der Waals surface area contributed by atoms with E-state index >= 15 is 0 Å². The van der Waals surface area contributed by atoms with Crippen molar-refractivity contribution in [1.82, 2.24) is 5.32 Å². The molecule has 0 bridgehead atoms. The van der Waals surface area contributed by atoms with Gasteiger partial charge in [-0.05, 0) is 24.5 Å². The molecule has 0 radical (unpaired) electrons. The summed E-state index contributed by atoms with van der Waals surface area (Å²) in [6.45, 7) is 6.12. The molecule has 1 atom stereocenters. The molecule has 1 N–H and O–H groups in total. The Balaban J connectivity index is 2.41. The molecule has 22 heavy (non-hydrogen) atoms. The number of hydrogen-bond acceptors (Lipinski definition) is 4. The molecule has 5 nitrogen and oxygen atoms in total. The van der Waals surface area contributed by atoms with Gasteiger partial charge in [0, 0.05) is 12.5 Å². The SMILES string of the molecule is COC[C@H](NC(=O)c1c(C)c2ccccc2oc1=O)C(C)C. The van der Waals surface area contributed by atoms with Gasteiger partial charge < -0.3 is 14.5 Å². The summed E-state index contributed by atoms with van der Waals surface area (Å²) in [6.07, 6.45) is 0. The fraction of sp³-hybridized carbons (Fsp3) is 0.412. The highest BCUT2D eigenvalue weighted by molar-refractivity contribution is 5.99. The van der Waals surface area contributed by atoms with Crippen LogP contribution in [0, 0.1) is 12.8 Å². The Hall–Kier alpha value is -2.14. The molecule has 0 aliphatic rings. The second-order valence-corrected chi connectivity index (χ2v) is 5.66. The van der Waals surface area contributed by atoms with Crippen molar-refractivity contribution in [2.24, 2.45) is 5.92 Å². The van der Waals surface area contributed by atoms with E-state index in [1.807, 2.05) is 26.0 Å². The Morgan fingerprint density at radius 3 is 2.64 bits per heavy atom. The van der Waals surface area contributed by atoms with Gasteiger partial charge in [-0.25, -0.2) is 4.79 Å². The Morgan fingerprint density at radius 1 is 1.32 bits per heavy atom. The number of benzene rings is 1. The van der Waals surface area contributed by atoms with Crippen molar-refractivity contribution in [3.63, 3.8) is 0 Å². The van der Waals surface area contributed by atoms with Crippen LogP contribution >= 0.6 is 0 Å². The third-order valence-electron chi connectivity index (χ3n) is 3.77. The van der Waals surface area contributed by atoms with Crippen molar-refractivity contribution in [3.05, 3.63) is 45.8 Å². The van der Waals surface area contributed by atoms with E-state index in [4.69, 9.17) is 9.15 Å². The Morgan fingerprint density at radius 2 is 2.00 bits per heavy atom. The van der Waals surface area contributed by atoms with Crippen molar-refractivity contribution < 1.29 is 13.9 Å². The van der Waals surface area contributed by atoms with Gasteiger partial charge in [-0.1, -0.05) is 32.0 Å². The van der Waals surface area contributed by atoms with E-state index in [1.165, 1.54) is 0 Å². The van der Waals surface area contributed by atoms with E-state index < -0.39 is 11.5 Å². The lowest BCUT2D eigenvalue weighted by molar-refractivity contribution is 0.0862. The Kier molecular flexibility index (Phi) is 4.98. The van der Waals surface area contributed by atoms with Gasteiger partial charge in [0.1, 0.15) is 11.1 Å². The lowest BCUT2D eigenvalue weighted by atomic mass is 10.0. The van der Waals surface area contributed by atoms with Crippen LogP contribution in [0.15, 0.2) is 33.5 Å². The zero-order chi connectivity index (χ0) is 16.3. The highest BCUT2D eigenvalue weighted by atomic mass is 16.5. The minimum atomic E-state index is -0.617. The summed E-state index contributed by atoms with van der Waals surface area (Å²) in [5.41, 5.74) is 0.553. The predicted molar refractivity (Wildman–Crippen MR) is 85.2 cm³/mol. The van der Waals surface area contributed by atoms with Crippen LogP contribution in [-0.2, 0) is 4.74 Å². The molecule has 2 aromatic rings. The first-order valence-corrected chi connectivity index (χ1v) is 7.28. The second-order valence-electron chi connectivity index (χ2n) is 5.66. The smallest absolute Gasteiger partial charge is 0.349 e. The normalized spacial score (nSPS) is 12.6. The van der Waals surface area contributed by atoms with Crippen LogP contribution in [0.3, 0.4) is 0 Å². The van der Waals surface area contributed by atoms with Crippen LogP contribution in [0.25, 0.3) is 11.0 Å². The summed E-state index contributed by atoms with van der Waals surface area (Å²) in [4.78, 5) is 24.6. The number of para-hydroxylation sites is 1. The lowest BCUT2D eigenvalue weighted by Gasteiger charge is -2.21. The fourth-order valence-electron chi connectivity index (χ4n) is 2.39. The number of aryl methyl sites for hydroxylation is 1. The molecule has 0 spiro atoms. The van der Waals surface area contributed by atoms with E-state index in [0.29, 0.717) is 17.8 Å². The van der Waals surface area contributed by atoms with Crippen molar-refractivity contribution in [3.8, 4) is 0 Å². The Bertz CT molecular complexity index is 733. The molecule has 0 fully saturated rings. The van der Waals surface area contributed by atoms with E-state index in [2.05, 4.69) is 5.32 Å². The Labute approximate surface area is 129 Å². The van der Waals surface area contributed by atoms with Gasteiger partial charge in [0.2, 0.25) is 0 Å². The molecule has 1 aromatic heterocycles. The van der Waals surface area contributed by atoms with Crippen LogP contribution in [0.1, 0.15) is 29.8 Å². The van der Waals surface area contributed by atoms with Gasteiger partial charge in [-0.2, -0.15) is 0 Å². The average Bonchev–Trinajstić information content (AvgIpc) is 2.46.